The number of ether oxygens (including phenoxy) is 2. The molecule has 2 rings (SSSR count). The minimum atomic E-state index is -1.03. The van der Waals surface area contributed by atoms with Crippen molar-refractivity contribution in [2.45, 2.75) is 6.42 Å². The monoisotopic (exact) mass is 273 g/mol. The minimum Gasteiger partial charge on any atom is -0.493 e. The van der Waals surface area contributed by atoms with Gasteiger partial charge in [0.25, 0.3) is 0 Å². The van der Waals surface area contributed by atoms with Gasteiger partial charge in [-0.2, -0.15) is 0 Å². The van der Waals surface area contributed by atoms with E-state index in [0.29, 0.717) is 19.6 Å². The van der Waals surface area contributed by atoms with Crippen LogP contribution in [0.15, 0.2) is 48.8 Å². The van der Waals surface area contributed by atoms with Crippen LogP contribution in [0.5, 0.6) is 11.5 Å². The Morgan fingerprint density at radius 2 is 1.85 bits per heavy atom. The van der Waals surface area contributed by atoms with Gasteiger partial charge < -0.3 is 14.6 Å². The second-order valence-electron chi connectivity index (χ2n) is 4.04. The molecule has 1 aromatic heterocycles. The third kappa shape index (κ3) is 3.98. The van der Waals surface area contributed by atoms with Gasteiger partial charge >= 0.3 is 5.97 Å². The highest BCUT2D eigenvalue weighted by Gasteiger charge is 2.10. The molecule has 104 valence electrons. The number of benzene rings is 1. The molecule has 1 heterocycles. The zero-order chi connectivity index (χ0) is 14.2. The van der Waals surface area contributed by atoms with E-state index in [1.807, 2.05) is 30.3 Å². The van der Waals surface area contributed by atoms with Gasteiger partial charge in [0, 0.05) is 12.6 Å². The van der Waals surface area contributed by atoms with Gasteiger partial charge in [-0.25, -0.2) is 4.79 Å². The summed E-state index contributed by atoms with van der Waals surface area (Å²) < 4.78 is 10.9. The van der Waals surface area contributed by atoms with Crippen LogP contribution in [0.25, 0.3) is 0 Å². The van der Waals surface area contributed by atoms with E-state index in [9.17, 15) is 4.79 Å². The smallest absolute Gasteiger partial charge is 0.339 e. The Morgan fingerprint density at radius 3 is 2.60 bits per heavy atom. The molecule has 20 heavy (non-hydrogen) atoms. The van der Waals surface area contributed by atoms with Crippen LogP contribution in [-0.4, -0.2) is 29.3 Å². The fraction of sp³-hybridized carbons (Fsp3) is 0.200. The Balaban J connectivity index is 1.75. The molecular weight excluding hydrogens is 258 g/mol. The molecule has 0 saturated heterocycles. The van der Waals surface area contributed by atoms with Crippen LogP contribution in [0.3, 0.4) is 0 Å². The first kappa shape index (κ1) is 13.9. The summed E-state index contributed by atoms with van der Waals surface area (Å²) in [4.78, 5) is 14.8. The van der Waals surface area contributed by atoms with E-state index >= 15 is 0 Å². The lowest BCUT2D eigenvalue weighted by molar-refractivity contribution is 0.0692. The molecule has 0 aliphatic carbocycles. The highest BCUT2D eigenvalue weighted by atomic mass is 16.5. The molecule has 0 unspecified atom stereocenters. The van der Waals surface area contributed by atoms with Crippen molar-refractivity contribution in [3.8, 4) is 11.5 Å². The summed E-state index contributed by atoms with van der Waals surface area (Å²) in [6, 6.07) is 10.9. The van der Waals surface area contributed by atoms with E-state index in [2.05, 4.69) is 4.98 Å². The number of carboxylic acid groups (broad SMARTS) is 1. The number of aromatic carboxylic acids is 1. The van der Waals surface area contributed by atoms with Gasteiger partial charge in [0.05, 0.1) is 19.4 Å². The van der Waals surface area contributed by atoms with Crippen molar-refractivity contribution in [2.75, 3.05) is 13.2 Å². The van der Waals surface area contributed by atoms with E-state index < -0.39 is 5.97 Å². The summed E-state index contributed by atoms with van der Waals surface area (Å²) >= 11 is 0. The predicted octanol–water partition coefficient (Wildman–Crippen LogP) is 2.63. The first-order valence-electron chi connectivity index (χ1n) is 6.25. The van der Waals surface area contributed by atoms with E-state index in [-0.39, 0.29) is 11.3 Å². The van der Waals surface area contributed by atoms with Crippen LogP contribution in [0.1, 0.15) is 16.8 Å². The first-order valence-corrected chi connectivity index (χ1v) is 6.25. The molecule has 5 nitrogen and oxygen atoms in total. The van der Waals surface area contributed by atoms with Crippen LogP contribution < -0.4 is 9.47 Å². The average Bonchev–Trinajstić information content (AvgIpc) is 2.48. The molecule has 0 bridgehead atoms. The molecule has 0 amide bonds. The Bertz CT molecular complexity index is 557. The van der Waals surface area contributed by atoms with Gasteiger partial charge in [-0.1, -0.05) is 18.2 Å². The molecule has 0 atom stereocenters. The molecular formula is C15H15NO4. The largest absolute Gasteiger partial charge is 0.493 e. The van der Waals surface area contributed by atoms with Gasteiger partial charge in [0.1, 0.15) is 11.3 Å². The lowest BCUT2D eigenvalue weighted by atomic mass is 10.2. The maximum Gasteiger partial charge on any atom is 0.339 e. The Kier molecular flexibility index (Phi) is 4.94. The molecule has 1 N–H and O–H groups in total. The molecule has 0 aliphatic heterocycles. The van der Waals surface area contributed by atoms with Gasteiger partial charge in [0.2, 0.25) is 0 Å². The first-order chi connectivity index (χ1) is 9.77. The summed E-state index contributed by atoms with van der Waals surface area (Å²) in [5.41, 5.74) is 0.115. The number of hydrogen-bond donors (Lipinski definition) is 1. The molecule has 0 spiro atoms. The number of hydrogen-bond acceptors (Lipinski definition) is 4. The van der Waals surface area contributed by atoms with E-state index in [1.54, 1.807) is 0 Å². The van der Waals surface area contributed by atoms with Crippen molar-refractivity contribution >= 4 is 5.97 Å². The summed E-state index contributed by atoms with van der Waals surface area (Å²) in [5, 5.41) is 8.98. The maximum atomic E-state index is 11.0. The molecule has 0 radical (unpaired) electrons. The number of pyridine rings is 1. The topological polar surface area (TPSA) is 68.7 Å². The lowest BCUT2D eigenvalue weighted by Crippen LogP contribution is -2.08. The number of carboxylic acids is 1. The Morgan fingerprint density at radius 1 is 1.10 bits per heavy atom. The maximum absolute atomic E-state index is 11.0. The molecule has 1 aromatic carbocycles. The van der Waals surface area contributed by atoms with Gasteiger partial charge in [-0.15, -0.1) is 0 Å². The highest BCUT2D eigenvalue weighted by molar-refractivity contribution is 5.90. The number of rotatable bonds is 7. The molecule has 2 aromatic rings. The van der Waals surface area contributed by atoms with Gasteiger partial charge in [-0.3, -0.25) is 4.98 Å². The van der Waals surface area contributed by atoms with Crippen molar-refractivity contribution < 1.29 is 19.4 Å². The zero-order valence-electron chi connectivity index (χ0n) is 10.9. The normalized spacial score (nSPS) is 10.0. The van der Waals surface area contributed by atoms with Gasteiger partial charge in [0.15, 0.2) is 5.75 Å². The summed E-state index contributed by atoms with van der Waals surface area (Å²) in [6.45, 7) is 0.880. The van der Waals surface area contributed by atoms with Crippen LogP contribution in [-0.2, 0) is 0 Å². The number of nitrogens with zero attached hydrogens (tertiary/aromatic N) is 1. The van der Waals surface area contributed by atoms with Crippen molar-refractivity contribution in [1.82, 2.24) is 4.98 Å². The molecule has 5 heteroatoms. The van der Waals surface area contributed by atoms with Crippen molar-refractivity contribution in [1.29, 1.82) is 0 Å². The molecule has 0 fully saturated rings. The van der Waals surface area contributed by atoms with Crippen LogP contribution >= 0.6 is 0 Å². The van der Waals surface area contributed by atoms with Crippen LogP contribution in [0.4, 0.5) is 0 Å². The lowest BCUT2D eigenvalue weighted by Gasteiger charge is -2.09. The van der Waals surface area contributed by atoms with Crippen LogP contribution in [0.2, 0.25) is 0 Å². The van der Waals surface area contributed by atoms with Crippen molar-refractivity contribution in [3.63, 3.8) is 0 Å². The zero-order valence-corrected chi connectivity index (χ0v) is 10.9. The third-order valence-electron chi connectivity index (χ3n) is 2.57. The summed E-state index contributed by atoms with van der Waals surface area (Å²) in [5.74, 6) is 0.0581. The van der Waals surface area contributed by atoms with Crippen LogP contribution in [0, 0.1) is 0 Å². The molecule has 0 saturated carbocycles. The predicted molar refractivity (Wildman–Crippen MR) is 73.2 cm³/mol. The number of para-hydroxylation sites is 1. The fourth-order valence-electron chi connectivity index (χ4n) is 1.62. The van der Waals surface area contributed by atoms with E-state index in [0.717, 1.165) is 5.75 Å². The molecule has 0 aliphatic rings. The summed E-state index contributed by atoms with van der Waals surface area (Å²) in [6.07, 6.45) is 3.49. The summed E-state index contributed by atoms with van der Waals surface area (Å²) in [7, 11) is 0. The third-order valence-corrected chi connectivity index (χ3v) is 2.57. The van der Waals surface area contributed by atoms with Crippen molar-refractivity contribution in [2.24, 2.45) is 0 Å². The SMILES string of the molecule is O=C(O)c1ccncc1OCCCOc1ccccc1. The second kappa shape index (κ2) is 7.13. The quantitative estimate of drug-likeness (QED) is 0.785. The Hall–Kier alpha value is -2.56. The van der Waals surface area contributed by atoms with Crippen molar-refractivity contribution in [3.05, 3.63) is 54.4 Å². The van der Waals surface area contributed by atoms with Gasteiger partial charge in [-0.05, 0) is 18.2 Å². The van der Waals surface area contributed by atoms with E-state index in [4.69, 9.17) is 14.6 Å². The standard InChI is InChI=1S/C15H15NO4/c17-15(18)13-7-8-16-11-14(13)20-10-4-9-19-12-5-2-1-3-6-12/h1-3,5-8,11H,4,9-10H2,(H,17,18). The average molecular weight is 273 g/mol. The van der Waals surface area contributed by atoms with E-state index in [1.165, 1.54) is 18.5 Å². The fourth-order valence-corrected chi connectivity index (χ4v) is 1.62. The number of aromatic nitrogens is 1. The highest BCUT2D eigenvalue weighted by Crippen LogP contribution is 2.16. The minimum absolute atomic E-state index is 0.115. The number of carbonyl (C=O) groups is 1. The Labute approximate surface area is 116 Å². The second-order valence-corrected chi connectivity index (χ2v) is 4.04.